The molecule has 0 aliphatic rings. The molecule has 0 unspecified atom stereocenters. The molecule has 1 N–H and O–H groups in total. The molecule has 0 saturated carbocycles. The van der Waals surface area contributed by atoms with Crippen molar-refractivity contribution >= 4 is 17.7 Å². The van der Waals surface area contributed by atoms with Crippen LogP contribution in [-0.4, -0.2) is 17.3 Å². The average Bonchev–Trinajstić information content (AvgIpc) is 2.08. The summed E-state index contributed by atoms with van der Waals surface area (Å²) < 4.78 is 0. The second-order valence-corrected chi connectivity index (χ2v) is 3.64. The van der Waals surface area contributed by atoms with Crippen LogP contribution >= 0.6 is 11.8 Å². The number of carboxylic acids is 1. The van der Waals surface area contributed by atoms with Crippen molar-refractivity contribution in [2.24, 2.45) is 0 Å². The molecule has 2 nitrogen and oxygen atoms in total. The number of rotatable bonds is 4. The highest BCUT2D eigenvalue weighted by Crippen LogP contribution is 2.15. The van der Waals surface area contributed by atoms with Crippen molar-refractivity contribution < 1.29 is 9.90 Å². The molecule has 0 heterocycles. The molecule has 0 amide bonds. The van der Waals surface area contributed by atoms with Gasteiger partial charge in [0.2, 0.25) is 0 Å². The molecule has 0 spiro atoms. The Morgan fingerprint density at radius 3 is 2.54 bits per heavy atom. The largest absolute Gasteiger partial charge is 0.481 e. The Morgan fingerprint density at radius 1 is 1.38 bits per heavy atom. The number of benzene rings is 1. The van der Waals surface area contributed by atoms with E-state index in [1.807, 2.05) is 30.5 Å². The molecule has 3 heteroatoms. The minimum absolute atomic E-state index is 0.122. The van der Waals surface area contributed by atoms with E-state index < -0.39 is 5.97 Å². The fraction of sp³-hybridized carbons (Fsp3) is 0.300. The average molecular weight is 196 g/mol. The van der Waals surface area contributed by atoms with Crippen LogP contribution in [-0.2, 0) is 17.0 Å². The molecule has 0 saturated heterocycles. The lowest BCUT2D eigenvalue weighted by molar-refractivity contribution is -0.136. The first-order chi connectivity index (χ1) is 6.24. The maximum Gasteiger partial charge on any atom is 0.307 e. The third-order valence-corrected chi connectivity index (χ3v) is 2.36. The van der Waals surface area contributed by atoms with E-state index in [2.05, 4.69) is 0 Å². The molecule has 0 aromatic heterocycles. The minimum Gasteiger partial charge on any atom is -0.481 e. The zero-order valence-corrected chi connectivity index (χ0v) is 8.30. The summed E-state index contributed by atoms with van der Waals surface area (Å²) >= 11 is 1.70. The van der Waals surface area contributed by atoms with E-state index in [-0.39, 0.29) is 6.42 Å². The van der Waals surface area contributed by atoms with Crippen molar-refractivity contribution in [1.29, 1.82) is 0 Å². The smallest absolute Gasteiger partial charge is 0.307 e. The van der Waals surface area contributed by atoms with Crippen LogP contribution in [0.15, 0.2) is 24.3 Å². The number of carbonyl (C=O) groups is 1. The first kappa shape index (κ1) is 10.1. The van der Waals surface area contributed by atoms with Crippen LogP contribution in [0.4, 0.5) is 0 Å². The van der Waals surface area contributed by atoms with E-state index in [1.54, 1.807) is 11.8 Å². The lowest BCUT2D eigenvalue weighted by Gasteiger charge is -2.04. The molecule has 1 aromatic rings. The summed E-state index contributed by atoms with van der Waals surface area (Å²) in [4.78, 5) is 10.5. The topological polar surface area (TPSA) is 37.3 Å². The Hall–Kier alpha value is -0.960. The second-order valence-electron chi connectivity index (χ2n) is 2.77. The predicted octanol–water partition coefficient (Wildman–Crippen LogP) is 2.18. The normalized spacial score (nSPS) is 9.92. The lowest BCUT2D eigenvalue weighted by Crippen LogP contribution is -2.02. The summed E-state index contributed by atoms with van der Waals surface area (Å²) in [5.74, 6) is 0.109. The molecule has 1 aromatic carbocycles. The van der Waals surface area contributed by atoms with E-state index in [0.717, 1.165) is 16.9 Å². The molecule has 13 heavy (non-hydrogen) atoms. The summed E-state index contributed by atoms with van der Waals surface area (Å²) in [6.07, 6.45) is 2.13. The Balaban J connectivity index is 2.84. The van der Waals surface area contributed by atoms with Gasteiger partial charge in [0.15, 0.2) is 0 Å². The van der Waals surface area contributed by atoms with Gasteiger partial charge in [-0.3, -0.25) is 4.79 Å². The fourth-order valence-electron chi connectivity index (χ4n) is 1.19. The molecule has 70 valence electrons. The highest BCUT2D eigenvalue weighted by molar-refractivity contribution is 7.97. The van der Waals surface area contributed by atoms with E-state index in [9.17, 15) is 4.79 Å². The van der Waals surface area contributed by atoms with Crippen molar-refractivity contribution in [3.05, 3.63) is 35.4 Å². The van der Waals surface area contributed by atoms with Gasteiger partial charge in [0, 0.05) is 5.75 Å². The SMILES string of the molecule is CSCc1ccccc1CC(=O)O. The summed E-state index contributed by atoms with van der Waals surface area (Å²) in [5.41, 5.74) is 2.04. The Kier molecular flexibility index (Phi) is 3.83. The highest BCUT2D eigenvalue weighted by Gasteiger charge is 2.04. The van der Waals surface area contributed by atoms with Crippen molar-refractivity contribution in [1.82, 2.24) is 0 Å². The lowest BCUT2D eigenvalue weighted by atomic mass is 10.1. The third-order valence-electron chi connectivity index (χ3n) is 1.76. The van der Waals surface area contributed by atoms with Crippen LogP contribution < -0.4 is 0 Å². The first-order valence-corrected chi connectivity index (χ1v) is 5.41. The molecular formula is C10H12O2S. The molecule has 0 bridgehead atoms. The molecule has 1 rings (SSSR count). The van der Waals surface area contributed by atoms with Crippen molar-refractivity contribution in [2.75, 3.05) is 6.26 Å². The number of hydrogen-bond donors (Lipinski definition) is 1. The van der Waals surface area contributed by atoms with E-state index >= 15 is 0 Å². The van der Waals surface area contributed by atoms with Crippen LogP contribution in [0.2, 0.25) is 0 Å². The molecule has 0 atom stereocenters. The Morgan fingerprint density at radius 2 is 2.00 bits per heavy atom. The zero-order valence-electron chi connectivity index (χ0n) is 7.49. The standard InChI is InChI=1S/C10H12O2S/c1-13-7-9-5-3-2-4-8(9)6-10(11)12/h2-5H,6-7H2,1H3,(H,11,12). The second kappa shape index (κ2) is 4.92. The summed E-state index contributed by atoms with van der Waals surface area (Å²) in [7, 11) is 0. The van der Waals surface area contributed by atoms with Gasteiger partial charge in [-0.25, -0.2) is 0 Å². The van der Waals surface area contributed by atoms with Crippen LogP contribution in [0.3, 0.4) is 0 Å². The Bertz CT molecular complexity index is 297. The zero-order chi connectivity index (χ0) is 9.68. The highest BCUT2D eigenvalue weighted by atomic mass is 32.2. The number of carboxylic acid groups (broad SMARTS) is 1. The van der Waals surface area contributed by atoms with Gasteiger partial charge in [0.05, 0.1) is 6.42 Å². The van der Waals surface area contributed by atoms with Gasteiger partial charge in [-0.15, -0.1) is 0 Å². The summed E-state index contributed by atoms with van der Waals surface area (Å²) in [6, 6.07) is 7.67. The molecule has 0 aliphatic heterocycles. The van der Waals surface area contributed by atoms with Crippen molar-refractivity contribution in [3.63, 3.8) is 0 Å². The van der Waals surface area contributed by atoms with Gasteiger partial charge in [0.25, 0.3) is 0 Å². The van der Waals surface area contributed by atoms with Crippen LogP contribution in [0.5, 0.6) is 0 Å². The van der Waals surface area contributed by atoms with Gasteiger partial charge in [0.1, 0.15) is 0 Å². The van der Waals surface area contributed by atoms with Gasteiger partial charge in [-0.2, -0.15) is 11.8 Å². The van der Waals surface area contributed by atoms with Crippen LogP contribution in [0, 0.1) is 0 Å². The quantitative estimate of drug-likeness (QED) is 0.802. The van der Waals surface area contributed by atoms with E-state index in [0.29, 0.717) is 0 Å². The van der Waals surface area contributed by atoms with Crippen LogP contribution in [0.25, 0.3) is 0 Å². The monoisotopic (exact) mass is 196 g/mol. The molecule has 0 fully saturated rings. The maximum absolute atomic E-state index is 10.5. The Labute approximate surface area is 82.0 Å². The first-order valence-electron chi connectivity index (χ1n) is 4.01. The maximum atomic E-state index is 10.5. The summed E-state index contributed by atoms with van der Waals surface area (Å²) in [6.45, 7) is 0. The van der Waals surface area contributed by atoms with Gasteiger partial charge in [-0.05, 0) is 17.4 Å². The molecule has 0 radical (unpaired) electrons. The summed E-state index contributed by atoms with van der Waals surface area (Å²) in [5, 5.41) is 8.65. The van der Waals surface area contributed by atoms with Gasteiger partial charge >= 0.3 is 5.97 Å². The number of aliphatic carboxylic acids is 1. The van der Waals surface area contributed by atoms with Gasteiger partial charge in [-0.1, -0.05) is 24.3 Å². The van der Waals surface area contributed by atoms with Crippen LogP contribution in [0.1, 0.15) is 11.1 Å². The molecular weight excluding hydrogens is 184 g/mol. The fourth-order valence-corrected chi connectivity index (χ4v) is 1.78. The predicted molar refractivity (Wildman–Crippen MR) is 55.0 cm³/mol. The minimum atomic E-state index is -0.770. The van der Waals surface area contributed by atoms with Crippen molar-refractivity contribution in [2.45, 2.75) is 12.2 Å². The van der Waals surface area contributed by atoms with Crippen molar-refractivity contribution in [3.8, 4) is 0 Å². The number of hydrogen-bond acceptors (Lipinski definition) is 2. The molecule has 0 aliphatic carbocycles. The van der Waals surface area contributed by atoms with E-state index in [1.165, 1.54) is 0 Å². The van der Waals surface area contributed by atoms with E-state index in [4.69, 9.17) is 5.11 Å². The number of thioether (sulfide) groups is 1. The third kappa shape index (κ3) is 3.11. The van der Waals surface area contributed by atoms with Gasteiger partial charge < -0.3 is 5.11 Å².